The third-order valence-electron chi connectivity index (χ3n) is 1.58. The lowest BCUT2D eigenvalue weighted by Gasteiger charge is -2.06. The van der Waals surface area contributed by atoms with Crippen LogP contribution in [-0.2, 0) is 4.74 Å². The Hall–Kier alpha value is -1.78. The van der Waals surface area contributed by atoms with E-state index in [1.807, 2.05) is 0 Å². The molecule has 0 amide bonds. The molecule has 0 unspecified atom stereocenters. The summed E-state index contributed by atoms with van der Waals surface area (Å²) in [5, 5.41) is 0. The number of hydrogen-bond acceptors (Lipinski definition) is 5. The van der Waals surface area contributed by atoms with E-state index < -0.39 is 11.4 Å². The maximum Gasteiger partial charge on any atom is 0.378 e. The molecule has 1 aromatic rings. The molecule has 0 saturated heterocycles. The second-order valence-electron chi connectivity index (χ2n) is 2.60. The van der Waals surface area contributed by atoms with Crippen LogP contribution in [0.15, 0.2) is 21.5 Å². The molecule has 1 rings (SSSR count). The van der Waals surface area contributed by atoms with Gasteiger partial charge >= 0.3 is 5.97 Å². The van der Waals surface area contributed by atoms with E-state index in [4.69, 9.17) is 13.9 Å². The van der Waals surface area contributed by atoms with E-state index in [0.717, 1.165) is 6.26 Å². The molecule has 0 N–H and O–H groups in total. The number of carbonyl (C=O) groups excluding carboxylic acids is 1. The van der Waals surface area contributed by atoms with Crippen LogP contribution in [0.4, 0.5) is 0 Å². The van der Waals surface area contributed by atoms with Crippen molar-refractivity contribution < 1.29 is 18.7 Å². The number of rotatable bonds is 4. The van der Waals surface area contributed by atoms with Crippen LogP contribution in [0, 0.1) is 0 Å². The predicted octanol–water partition coefficient (Wildman–Crippen LogP) is 1.22. The fourth-order valence-electron chi connectivity index (χ4n) is 1.02. The van der Waals surface area contributed by atoms with Crippen LogP contribution in [0.3, 0.4) is 0 Å². The van der Waals surface area contributed by atoms with Crippen LogP contribution >= 0.6 is 0 Å². The average Bonchev–Trinajstić information content (AvgIpc) is 2.21. The largest absolute Gasteiger partial charge is 0.486 e. The maximum absolute atomic E-state index is 11.4. The molecule has 0 aromatic carbocycles. The zero-order valence-corrected chi connectivity index (χ0v) is 8.61. The molecule has 5 heteroatoms. The van der Waals surface area contributed by atoms with Gasteiger partial charge in [-0.05, 0) is 13.8 Å². The normalized spacial score (nSPS) is 9.73. The summed E-state index contributed by atoms with van der Waals surface area (Å²) >= 11 is 0. The van der Waals surface area contributed by atoms with E-state index in [0.29, 0.717) is 0 Å². The van der Waals surface area contributed by atoms with Gasteiger partial charge in [-0.1, -0.05) is 0 Å². The molecule has 1 heterocycles. The molecule has 0 saturated carbocycles. The summed E-state index contributed by atoms with van der Waals surface area (Å²) in [5.41, 5.74) is -0.397. The second-order valence-corrected chi connectivity index (χ2v) is 2.60. The molecule has 5 nitrogen and oxygen atoms in total. The van der Waals surface area contributed by atoms with Gasteiger partial charge < -0.3 is 13.9 Å². The van der Waals surface area contributed by atoms with Gasteiger partial charge in [0, 0.05) is 6.07 Å². The van der Waals surface area contributed by atoms with Crippen LogP contribution in [0.25, 0.3) is 0 Å². The summed E-state index contributed by atoms with van der Waals surface area (Å²) in [7, 11) is 0. The first-order valence-corrected chi connectivity index (χ1v) is 4.62. The maximum atomic E-state index is 11.4. The van der Waals surface area contributed by atoms with Crippen LogP contribution in [-0.4, -0.2) is 19.2 Å². The van der Waals surface area contributed by atoms with Gasteiger partial charge in [-0.15, -0.1) is 0 Å². The van der Waals surface area contributed by atoms with E-state index >= 15 is 0 Å². The van der Waals surface area contributed by atoms with Gasteiger partial charge in [0.05, 0.1) is 19.5 Å². The van der Waals surface area contributed by atoms with Crippen molar-refractivity contribution in [2.75, 3.05) is 13.2 Å². The van der Waals surface area contributed by atoms with E-state index in [9.17, 15) is 9.59 Å². The van der Waals surface area contributed by atoms with E-state index in [2.05, 4.69) is 0 Å². The first-order chi connectivity index (χ1) is 7.20. The van der Waals surface area contributed by atoms with Crippen molar-refractivity contribution in [1.29, 1.82) is 0 Å². The van der Waals surface area contributed by atoms with E-state index in [-0.39, 0.29) is 24.7 Å². The molecule has 0 aliphatic carbocycles. The van der Waals surface area contributed by atoms with Crippen molar-refractivity contribution in [1.82, 2.24) is 0 Å². The van der Waals surface area contributed by atoms with Crippen molar-refractivity contribution in [3.8, 4) is 5.75 Å². The summed E-state index contributed by atoms with van der Waals surface area (Å²) in [5.74, 6) is -0.983. The molecule has 0 spiro atoms. The van der Waals surface area contributed by atoms with Gasteiger partial charge in [0.2, 0.25) is 11.2 Å². The Bertz CT molecular complexity index is 393. The number of hydrogen-bond donors (Lipinski definition) is 0. The molecule has 0 fully saturated rings. The van der Waals surface area contributed by atoms with Gasteiger partial charge in [-0.3, -0.25) is 4.79 Å². The van der Waals surface area contributed by atoms with Crippen molar-refractivity contribution >= 4 is 5.97 Å². The summed E-state index contributed by atoms with van der Waals surface area (Å²) in [6.07, 6.45) is 1.14. The summed E-state index contributed by atoms with van der Waals surface area (Å²) in [4.78, 5) is 22.7. The van der Waals surface area contributed by atoms with Crippen LogP contribution < -0.4 is 10.2 Å². The lowest BCUT2D eigenvalue weighted by atomic mass is 10.3. The highest BCUT2D eigenvalue weighted by molar-refractivity contribution is 5.89. The van der Waals surface area contributed by atoms with Crippen molar-refractivity contribution in [3.63, 3.8) is 0 Å². The Morgan fingerprint density at radius 3 is 2.73 bits per heavy atom. The van der Waals surface area contributed by atoms with Gasteiger partial charge in [-0.25, -0.2) is 4.79 Å². The first-order valence-electron chi connectivity index (χ1n) is 4.62. The minimum atomic E-state index is -0.696. The highest BCUT2D eigenvalue weighted by Crippen LogP contribution is 2.13. The monoisotopic (exact) mass is 212 g/mol. The quantitative estimate of drug-likeness (QED) is 0.702. The molecule has 0 aliphatic heterocycles. The fourth-order valence-corrected chi connectivity index (χ4v) is 1.02. The smallest absolute Gasteiger partial charge is 0.378 e. The van der Waals surface area contributed by atoms with Crippen LogP contribution in [0.5, 0.6) is 5.75 Å². The van der Waals surface area contributed by atoms with Crippen LogP contribution in [0.1, 0.15) is 24.4 Å². The Labute approximate surface area is 86.6 Å². The summed E-state index contributed by atoms with van der Waals surface area (Å²) in [6.45, 7) is 3.87. The predicted molar refractivity (Wildman–Crippen MR) is 52.1 cm³/mol. The molecule has 1 aromatic heterocycles. The lowest BCUT2D eigenvalue weighted by Crippen LogP contribution is -2.14. The zero-order valence-electron chi connectivity index (χ0n) is 8.61. The van der Waals surface area contributed by atoms with Gasteiger partial charge in [0.15, 0.2) is 0 Å². The Balaban J connectivity index is 3.10. The lowest BCUT2D eigenvalue weighted by molar-refractivity contribution is 0.0479. The molecular weight excluding hydrogens is 200 g/mol. The van der Waals surface area contributed by atoms with Gasteiger partial charge in [0.25, 0.3) is 5.76 Å². The minimum absolute atomic E-state index is 0.0987. The highest BCUT2D eigenvalue weighted by Gasteiger charge is 2.19. The fraction of sp³-hybridized carbons (Fsp3) is 0.400. The number of ether oxygens (including phenoxy) is 2. The van der Waals surface area contributed by atoms with E-state index in [1.165, 1.54) is 6.07 Å². The Kier molecular flexibility index (Phi) is 3.91. The van der Waals surface area contributed by atoms with E-state index in [1.54, 1.807) is 13.8 Å². The minimum Gasteiger partial charge on any atom is -0.486 e. The van der Waals surface area contributed by atoms with Crippen LogP contribution in [0.2, 0.25) is 0 Å². The summed E-state index contributed by atoms with van der Waals surface area (Å²) in [6, 6.07) is 1.19. The Morgan fingerprint density at radius 2 is 2.13 bits per heavy atom. The topological polar surface area (TPSA) is 65.7 Å². The third kappa shape index (κ3) is 2.59. The molecule has 0 aliphatic rings. The van der Waals surface area contributed by atoms with Crippen molar-refractivity contribution in [3.05, 3.63) is 28.3 Å². The summed E-state index contributed by atoms with van der Waals surface area (Å²) < 4.78 is 14.7. The van der Waals surface area contributed by atoms with Crippen molar-refractivity contribution in [2.45, 2.75) is 13.8 Å². The second kappa shape index (κ2) is 5.19. The standard InChI is InChI=1S/C10H12O5/c1-3-13-8-7(11)5-6-15-9(8)10(12)14-4-2/h5-6H,3-4H2,1-2H3. The first kappa shape index (κ1) is 11.3. The molecule has 0 radical (unpaired) electrons. The molecular formula is C10H12O5. The third-order valence-corrected chi connectivity index (χ3v) is 1.58. The zero-order chi connectivity index (χ0) is 11.3. The molecule has 0 atom stereocenters. The molecule has 82 valence electrons. The number of carbonyl (C=O) groups is 1. The average molecular weight is 212 g/mol. The van der Waals surface area contributed by atoms with Crippen molar-refractivity contribution in [2.24, 2.45) is 0 Å². The molecule has 15 heavy (non-hydrogen) atoms. The SMILES string of the molecule is CCOC(=O)c1occc(=O)c1OCC. The van der Waals surface area contributed by atoms with Gasteiger partial charge in [0.1, 0.15) is 0 Å². The number of esters is 1. The Morgan fingerprint density at radius 1 is 1.40 bits per heavy atom. The molecule has 0 bridgehead atoms. The van der Waals surface area contributed by atoms with Gasteiger partial charge in [-0.2, -0.15) is 0 Å². The highest BCUT2D eigenvalue weighted by atomic mass is 16.5.